The second kappa shape index (κ2) is 10.1. The number of carbonyl (C=O) groups excluding carboxylic acids is 1. The average Bonchev–Trinajstić information content (AvgIpc) is 3.22. The highest BCUT2D eigenvalue weighted by molar-refractivity contribution is 7.98. The minimum Gasteiger partial charge on any atom is -0.497 e. The molecule has 8 heteroatoms. The number of thioether (sulfide) groups is 1. The van der Waals surface area contributed by atoms with Crippen molar-refractivity contribution in [2.75, 3.05) is 13.7 Å². The molecule has 0 saturated heterocycles. The molecule has 0 aliphatic carbocycles. The highest BCUT2D eigenvalue weighted by atomic mass is 35.5. The molecule has 0 N–H and O–H groups in total. The van der Waals surface area contributed by atoms with Crippen molar-refractivity contribution in [1.82, 2.24) is 15.0 Å². The Morgan fingerprint density at radius 3 is 2.53 bits per heavy atom. The van der Waals surface area contributed by atoms with Crippen LogP contribution in [0.4, 0.5) is 0 Å². The van der Waals surface area contributed by atoms with Gasteiger partial charge in [-0.05, 0) is 41.6 Å². The first kappa shape index (κ1) is 22.2. The number of rotatable bonds is 8. The van der Waals surface area contributed by atoms with E-state index in [1.807, 2.05) is 54.6 Å². The van der Waals surface area contributed by atoms with Crippen LogP contribution in [-0.2, 0) is 17.0 Å². The molecule has 4 aromatic rings. The van der Waals surface area contributed by atoms with Crippen LogP contribution < -0.4 is 4.74 Å². The van der Waals surface area contributed by atoms with E-state index in [0.717, 1.165) is 27.6 Å². The Hall–Kier alpha value is -3.03. The van der Waals surface area contributed by atoms with Gasteiger partial charge in [-0.2, -0.15) is 0 Å². The summed E-state index contributed by atoms with van der Waals surface area (Å²) in [6.45, 7) is 2.52. The van der Waals surface area contributed by atoms with Crippen molar-refractivity contribution >= 4 is 40.1 Å². The molecule has 0 atom stereocenters. The van der Waals surface area contributed by atoms with Crippen LogP contribution >= 0.6 is 23.4 Å². The van der Waals surface area contributed by atoms with E-state index in [4.69, 9.17) is 21.1 Å². The van der Waals surface area contributed by atoms with Gasteiger partial charge in [-0.3, -0.25) is 0 Å². The number of fused-ring (bicyclic) bond motifs is 1. The molecule has 3 aromatic carbocycles. The summed E-state index contributed by atoms with van der Waals surface area (Å²) < 4.78 is 12.2. The lowest BCUT2D eigenvalue weighted by molar-refractivity contribution is 0.0515. The maximum absolute atomic E-state index is 12.5. The molecule has 0 radical (unpaired) electrons. The molecule has 0 bridgehead atoms. The Balaban J connectivity index is 1.64. The summed E-state index contributed by atoms with van der Waals surface area (Å²) in [6, 6.07) is 19.7. The lowest BCUT2D eigenvalue weighted by Crippen LogP contribution is -2.08. The maximum atomic E-state index is 12.5. The highest BCUT2D eigenvalue weighted by Crippen LogP contribution is 2.32. The number of halogens is 1. The third kappa shape index (κ3) is 4.74. The number of hydrogen-bond donors (Lipinski definition) is 0. The fraction of sp³-hybridized carbons (Fsp3) is 0.208. The van der Waals surface area contributed by atoms with Crippen LogP contribution in [0.3, 0.4) is 0 Å². The summed E-state index contributed by atoms with van der Waals surface area (Å²) in [5.74, 6) is 0.931. The molecule has 0 fully saturated rings. The summed E-state index contributed by atoms with van der Waals surface area (Å²) in [7, 11) is 1.63. The molecule has 164 valence electrons. The highest BCUT2D eigenvalue weighted by Gasteiger charge is 2.22. The van der Waals surface area contributed by atoms with Crippen LogP contribution in [0, 0.1) is 0 Å². The standard InChI is InChI=1S/C24H22ClN3O3S/c1-3-31-24(29)22-23(28(27-26-22)14-16-8-11-18(30-2)12-9-16)32-15-17-10-13-21(25)20-7-5-4-6-19(17)20/h4-13H,3,14-15H2,1-2H3. The molecule has 0 aliphatic rings. The van der Waals surface area contributed by atoms with E-state index < -0.39 is 5.97 Å². The minimum atomic E-state index is -0.475. The van der Waals surface area contributed by atoms with Crippen LogP contribution in [0.15, 0.2) is 65.7 Å². The zero-order valence-electron chi connectivity index (χ0n) is 17.7. The van der Waals surface area contributed by atoms with E-state index >= 15 is 0 Å². The Morgan fingerprint density at radius 2 is 1.81 bits per heavy atom. The molecule has 0 amide bonds. The summed E-state index contributed by atoms with van der Waals surface area (Å²) in [5.41, 5.74) is 2.36. The number of carbonyl (C=O) groups is 1. The van der Waals surface area contributed by atoms with Gasteiger partial charge in [0.05, 0.1) is 20.3 Å². The van der Waals surface area contributed by atoms with Gasteiger partial charge in [-0.25, -0.2) is 9.48 Å². The van der Waals surface area contributed by atoms with Gasteiger partial charge in [0, 0.05) is 16.2 Å². The van der Waals surface area contributed by atoms with Gasteiger partial charge in [0.1, 0.15) is 10.8 Å². The number of benzene rings is 3. The van der Waals surface area contributed by atoms with Crippen LogP contribution in [0.25, 0.3) is 10.8 Å². The SMILES string of the molecule is CCOC(=O)c1nnn(Cc2ccc(OC)cc2)c1SCc1ccc(Cl)c2ccccc12. The van der Waals surface area contributed by atoms with E-state index in [1.54, 1.807) is 18.7 Å². The van der Waals surface area contributed by atoms with Gasteiger partial charge in [0.2, 0.25) is 5.69 Å². The lowest BCUT2D eigenvalue weighted by atomic mass is 10.1. The molecule has 1 heterocycles. The van der Waals surface area contributed by atoms with Gasteiger partial charge >= 0.3 is 5.97 Å². The summed E-state index contributed by atoms with van der Waals surface area (Å²) in [4.78, 5) is 12.5. The summed E-state index contributed by atoms with van der Waals surface area (Å²) in [5, 5.41) is 11.8. The topological polar surface area (TPSA) is 66.2 Å². The monoisotopic (exact) mass is 467 g/mol. The lowest BCUT2D eigenvalue weighted by Gasteiger charge is -2.11. The first-order chi connectivity index (χ1) is 15.6. The zero-order valence-corrected chi connectivity index (χ0v) is 19.3. The molecule has 4 rings (SSSR count). The largest absolute Gasteiger partial charge is 0.497 e. The Morgan fingerprint density at radius 1 is 1.06 bits per heavy atom. The van der Waals surface area contributed by atoms with E-state index in [0.29, 0.717) is 22.3 Å². The molecule has 0 saturated carbocycles. The van der Waals surface area contributed by atoms with Gasteiger partial charge in [-0.1, -0.05) is 71.0 Å². The van der Waals surface area contributed by atoms with Crippen molar-refractivity contribution in [1.29, 1.82) is 0 Å². The smallest absolute Gasteiger partial charge is 0.361 e. The third-order valence-corrected chi connectivity index (χ3v) is 6.44. The number of hydrogen-bond acceptors (Lipinski definition) is 6. The molecule has 32 heavy (non-hydrogen) atoms. The second-order valence-electron chi connectivity index (χ2n) is 7.01. The Bertz CT molecular complexity index is 1240. The third-order valence-electron chi connectivity index (χ3n) is 4.98. The minimum absolute atomic E-state index is 0.226. The van der Waals surface area contributed by atoms with Crippen molar-refractivity contribution in [3.8, 4) is 5.75 Å². The van der Waals surface area contributed by atoms with Crippen LogP contribution in [0.2, 0.25) is 5.02 Å². The number of methoxy groups -OCH3 is 1. The predicted octanol–water partition coefficient (Wildman–Crippen LogP) is 5.61. The zero-order chi connectivity index (χ0) is 22.5. The van der Waals surface area contributed by atoms with Gasteiger partial charge in [0.15, 0.2) is 0 Å². The fourth-order valence-electron chi connectivity index (χ4n) is 3.38. The van der Waals surface area contributed by atoms with Crippen molar-refractivity contribution in [3.63, 3.8) is 0 Å². The summed E-state index contributed by atoms with van der Waals surface area (Å²) in [6.07, 6.45) is 0. The van der Waals surface area contributed by atoms with Crippen LogP contribution in [-0.4, -0.2) is 34.7 Å². The van der Waals surface area contributed by atoms with Gasteiger partial charge in [-0.15, -0.1) is 5.10 Å². The van der Waals surface area contributed by atoms with E-state index in [2.05, 4.69) is 16.4 Å². The van der Waals surface area contributed by atoms with Gasteiger partial charge < -0.3 is 9.47 Å². The van der Waals surface area contributed by atoms with E-state index in [-0.39, 0.29) is 12.3 Å². The van der Waals surface area contributed by atoms with Crippen molar-refractivity contribution < 1.29 is 14.3 Å². The molecular formula is C24H22ClN3O3S. The second-order valence-corrected chi connectivity index (χ2v) is 8.38. The average molecular weight is 468 g/mol. The van der Waals surface area contributed by atoms with Crippen molar-refractivity contribution in [2.24, 2.45) is 0 Å². The molecule has 6 nitrogen and oxygen atoms in total. The first-order valence-corrected chi connectivity index (χ1v) is 11.5. The number of nitrogens with zero attached hydrogens (tertiary/aromatic N) is 3. The molecular weight excluding hydrogens is 446 g/mol. The first-order valence-electron chi connectivity index (χ1n) is 10.1. The molecule has 0 aliphatic heterocycles. The van der Waals surface area contributed by atoms with Gasteiger partial charge in [0.25, 0.3) is 0 Å². The maximum Gasteiger partial charge on any atom is 0.361 e. The fourth-order valence-corrected chi connectivity index (χ4v) is 4.66. The number of aromatic nitrogens is 3. The molecule has 1 aromatic heterocycles. The van der Waals surface area contributed by atoms with E-state index in [1.165, 1.54) is 11.8 Å². The summed E-state index contributed by atoms with van der Waals surface area (Å²) >= 11 is 7.87. The van der Waals surface area contributed by atoms with Crippen LogP contribution in [0.1, 0.15) is 28.5 Å². The quantitative estimate of drug-likeness (QED) is 0.248. The van der Waals surface area contributed by atoms with Crippen molar-refractivity contribution in [3.05, 3.63) is 82.5 Å². The van der Waals surface area contributed by atoms with Crippen LogP contribution in [0.5, 0.6) is 5.75 Å². The normalized spacial score (nSPS) is 11.0. The molecule has 0 unspecified atom stereocenters. The number of esters is 1. The van der Waals surface area contributed by atoms with E-state index in [9.17, 15) is 4.79 Å². The Labute approximate surface area is 195 Å². The predicted molar refractivity (Wildman–Crippen MR) is 127 cm³/mol. The Kier molecular flexibility index (Phi) is 6.97. The number of ether oxygens (including phenoxy) is 2. The molecule has 0 spiro atoms. The van der Waals surface area contributed by atoms with Crippen molar-refractivity contribution in [2.45, 2.75) is 24.2 Å².